The van der Waals surface area contributed by atoms with Gasteiger partial charge in [-0.1, -0.05) is 83.1 Å². The van der Waals surface area contributed by atoms with Crippen LogP contribution in [0.2, 0.25) is 0 Å². The van der Waals surface area contributed by atoms with E-state index in [1.54, 1.807) is 0 Å². The summed E-state index contributed by atoms with van der Waals surface area (Å²) in [5, 5.41) is 11.1. The number of ether oxygens (including phenoxy) is 6. The van der Waals surface area contributed by atoms with Crippen LogP contribution < -0.4 is 18.9 Å². The van der Waals surface area contributed by atoms with Crippen LogP contribution in [0.4, 0.5) is 0 Å². The van der Waals surface area contributed by atoms with Gasteiger partial charge in [-0.3, -0.25) is 0 Å². The van der Waals surface area contributed by atoms with E-state index >= 15 is 0 Å². The largest absolute Gasteiger partial charge is 0.491 e. The Bertz CT molecular complexity index is 1750. The van der Waals surface area contributed by atoms with Gasteiger partial charge in [0.15, 0.2) is 0 Å². The first-order valence-corrected chi connectivity index (χ1v) is 19.1. The molecule has 0 saturated carbocycles. The van der Waals surface area contributed by atoms with Gasteiger partial charge in [-0.25, -0.2) is 0 Å². The molecule has 7 heteroatoms. The summed E-state index contributed by atoms with van der Waals surface area (Å²) in [6, 6.07) is 33.2. The molecule has 2 heterocycles. The fourth-order valence-electron chi connectivity index (χ4n) is 6.89. The van der Waals surface area contributed by atoms with Crippen LogP contribution in [-0.4, -0.2) is 61.0 Å². The third kappa shape index (κ3) is 10.3. The van der Waals surface area contributed by atoms with E-state index in [-0.39, 0.29) is 29.1 Å². The zero-order valence-corrected chi connectivity index (χ0v) is 32.8. The average Bonchev–Trinajstić information content (AvgIpc) is 4.08. The Balaban J connectivity index is 0.988. The van der Waals surface area contributed by atoms with E-state index in [0.29, 0.717) is 19.1 Å². The van der Waals surface area contributed by atoms with E-state index in [2.05, 4.69) is 109 Å². The molecule has 0 aromatic heterocycles. The lowest BCUT2D eigenvalue weighted by atomic mass is 9.78. The fourth-order valence-corrected chi connectivity index (χ4v) is 6.89. The minimum Gasteiger partial charge on any atom is -0.491 e. The first-order valence-electron chi connectivity index (χ1n) is 19.1. The summed E-state index contributed by atoms with van der Waals surface area (Å²) < 4.78 is 35.3. The monoisotopic (exact) mass is 722 g/mol. The summed E-state index contributed by atoms with van der Waals surface area (Å²) in [6.07, 6.45) is 1.93. The van der Waals surface area contributed by atoms with E-state index < -0.39 is 11.7 Å². The van der Waals surface area contributed by atoms with Crippen molar-refractivity contribution in [3.8, 4) is 23.0 Å². The normalized spacial score (nSPS) is 18.8. The first-order chi connectivity index (χ1) is 25.1. The predicted molar refractivity (Wildman–Crippen MR) is 210 cm³/mol. The second kappa shape index (κ2) is 15.7. The van der Waals surface area contributed by atoms with Crippen molar-refractivity contribution in [1.82, 2.24) is 0 Å². The SMILES string of the molecule is CC[C@@](C)(CC(O)COc1ccc(C(C)(C)c2ccc(OC(C)(C)CC3CO3)cc2)cc1)Oc1ccc(C(C)(C)c2ccc(OCC3CO3)cc2)cc1. The van der Waals surface area contributed by atoms with E-state index in [0.717, 1.165) is 49.1 Å². The molecule has 4 aromatic carbocycles. The number of aliphatic hydroxyl groups excluding tert-OH is 1. The number of hydrogen-bond donors (Lipinski definition) is 1. The lowest BCUT2D eigenvalue weighted by Gasteiger charge is -2.32. The zero-order chi connectivity index (χ0) is 37.9. The minimum atomic E-state index is -0.694. The molecule has 2 saturated heterocycles. The van der Waals surface area contributed by atoms with Crippen LogP contribution in [0.5, 0.6) is 23.0 Å². The molecule has 0 bridgehead atoms. The highest BCUT2D eigenvalue weighted by Gasteiger charge is 2.33. The quantitative estimate of drug-likeness (QED) is 0.0966. The number of hydrogen-bond acceptors (Lipinski definition) is 7. The Morgan fingerprint density at radius 1 is 0.585 bits per heavy atom. The van der Waals surface area contributed by atoms with Gasteiger partial charge in [0.05, 0.1) is 25.4 Å². The van der Waals surface area contributed by atoms with Gasteiger partial charge in [0.2, 0.25) is 0 Å². The van der Waals surface area contributed by atoms with Crippen molar-refractivity contribution >= 4 is 0 Å². The van der Waals surface area contributed by atoms with Crippen molar-refractivity contribution in [2.24, 2.45) is 0 Å². The van der Waals surface area contributed by atoms with Crippen molar-refractivity contribution in [3.05, 3.63) is 119 Å². The molecule has 2 aliphatic rings. The maximum atomic E-state index is 11.1. The molecular formula is C46H58O7. The molecule has 2 fully saturated rings. The molecule has 1 N–H and O–H groups in total. The van der Waals surface area contributed by atoms with Gasteiger partial charge in [0, 0.05) is 23.7 Å². The summed E-state index contributed by atoms with van der Waals surface area (Å²) in [4.78, 5) is 0. The van der Waals surface area contributed by atoms with Crippen molar-refractivity contribution in [2.75, 3.05) is 26.4 Å². The highest BCUT2D eigenvalue weighted by Crippen LogP contribution is 2.36. The van der Waals surface area contributed by atoms with Crippen LogP contribution in [0, 0.1) is 0 Å². The fraction of sp³-hybridized carbons (Fsp3) is 0.478. The van der Waals surface area contributed by atoms with Crippen LogP contribution in [-0.2, 0) is 20.3 Å². The Hall–Kier alpha value is -4.04. The first kappa shape index (κ1) is 38.7. The van der Waals surface area contributed by atoms with Crippen LogP contribution in [0.15, 0.2) is 97.1 Å². The van der Waals surface area contributed by atoms with Gasteiger partial charge < -0.3 is 33.5 Å². The molecule has 0 radical (unpaired) electrons. The van der Waals surface area contributed by atoms with Crippen LogP contribution in [0.25, 0.3) is 0 Å². The Morgan fingerprint density at radius 3 is 1.40 bits per heavy atom. The van der Waals surface area contributed by atoms with Crippen LogP contribution >= 0.6 is 0 Å². The van der Waals surface area contributed by atoms with Gasteiger partial charge >= 0.3 is 0 Å². The lowest BCUT2D eigenvalue weighted by Crippen LogP contribution is -2.37. The van der Waals surface area contributed by atoms with Crippen molar-refractivity contribution in [2.45, 2.75) is 115 Å². The highest BCUT2D eigenvalue weighted by molar-refractivity contribution is 5.43. The van der Waals surface area contributed by atoms with Gasteiger partial charge in [0.1, 0.15) is 53.5 Å². The summed E-state index contributed by atoms with van der Waals surface area (Å²) in [6.45, 7) is 19.6. The number of benzene rings is 4. The molecule has 7 nitrogen and oxygen atoms in total. The summed E-state index contributed by atoms with van der Waals surface area (Å²) >= 11 is 0. The Morgan fingerprint density at radius 2 is 0.981 bits per heavy atom. The van der Waals surface area contributed by atoms with E-state index in [1.165, 1.54) is 22.3 Å². The maximum Gasteiger partial charge on any atom is 0.120 e. The summed E-state index contributed by atoms with van der Waals surface area (Å²) in [5.74, 6) is 3.23. The van der Waals surface area contributed by atoms with Gasteiger partial charge in [-0.05, 0) is 98.0 Å². The molecule has 6 rings (SSSR count). The van der Waals surface area contributed by atoms with Crippen LogP contribution in [0.3, 0.4) is 0 Å². The lowest BCUT2D eigenvalue weighted by molar-refractivity contribution is 0.00433. The molecule has 4 atom stereocenters. The molecular weight excluding hydrogens is 664 g/mol. The predicted octanol–water partition coefficient (Wildman–Crippen LogP) is 9.44. The molecule has 53 heavy (non-hydrogen) atoms. The highest BCUT2D eigenvalue weighted by atomic mass is 16.6. The van der Waals surface area contributed by atoms with Crippen molar-refractivity contribution in [3.63, 3.8) is 0 Å². The average molecular weight is 723 g/mol. The molecule has 4 aromatic rings. The molecule has 0 spiro atoms. The molecule has 284 valence electrons. The second-order valence-electron chi connectivity index (χ2n) is 16.7. The number of aliphatic hydroxyl groups is 1. The van der Waals surface area contributed by atoms with Gasteiger partial charge in [-0.15, -0.1) is 0 Å². The van der Waals surface area contributed by atoms with Crippen molar-refractivity contribution < 1.29 is 33.5 Å². The van der Waals surface area contributed by atoms with Crippen LogP contribution in [0.1, 0.15) is 96.9 Å². The minimum absolute atomic E-state index is 0.178. The van der Waals surface area contributed by atoms with Gasteiger partial charge in [-0.2, -0.15) is 0 Å². The molecule has 3 unspecified atom stereocenters. The Kier molecular flexibility index (Phi) is 11.5. The number of epoxide rings is 2. The molecule has 2 aliphatic heterocycles. The van der Waals surface area contributed by atoms with Gasteiger partial charge in [0.25, 0.3) is 0 Å². The molecule has 0 amide bonds. The number of rotatable bonds is 19. The maximum absolute atomic E-state index is 11.1. The standard InChI is InChI=1S/C46H58O7/c1-9-46(8,53-40-24-16-35(17-25-40)45(6,7)33-12-20-38(21-13-33)49-30-42-31-51-42)26-36(47)28-48-37-18-10-32(11-19-37)44(4,5)34-14-22-39(23-15-34)52-43(2,3)27-41-29-50-41/h10-25,36,41-42,47H,9,26-31H2,1-8H3/t36?,41?,42?,46-/m0/s1. The van der Waals surface area contributed by atoms with Crippen molar-refractivity contribution in [1.29, 1.82) is 0 Å². The zero-order valence-electron chi connectivity index (χ0n) is 32.8. The van der Waals surface area contributed by atoms with E-state index in [1.807, 2.05) is 43.3 Å². The Labute approximate surface area is 316 Å². The van der Waals surface area contributed by atoms with E-state index in [9.17, 15) is 5.11 Å². The third-order valence-corrected chi connectivity index (χ3v) is 10.9. The smallest absolute Gasteiger partial charge is 0.120 e. The third-order valence-electron chi connectivity index (χ3n) is 10.9. The van der Waals surface area contributed by atoms with E-state index in [4.69, 9.17) is 28.4 Å². The summed E-state index contributed by atoms with van der Waals surface area (Å²) in [7, 11) is 0. The molecule has 0 aliphatic carbocycles. The second-order valence-corrected chi connectivity index (χ2v) is 16.7. The summed E-state index contributed by atoms with van der Waals surface area (Å²) in [5.41, 5.74) is 3.52. The topological polar surface area (TPSA) is 82.2 Å².